The highest BCUT2D eigenvalue weighted by molar-refractivity contribution is 6.41. The van der Waals surface area contributed by atoms with Crippen LogP contribution in [0.2, 0.25) is 15.1 Å². The van der Waals surface area contributed by atoms with Gasteiger partial charge in [0, 0.05) is 36.8 Å². The van der Waals surface area contributed by atoms with Gasteiger partial charge in [-0.15, -0.1) is 0 Å². The van der Waals surface area contributed by atoms with Gasteiger partial charge in [-0.05, 0) is 59.7 Å². The highest BCUT2D eigenvalue weighted by Gasteiger charge is 2.30. The van der Waals surface area contributed by atoms with Crippen LogP contribution in [0.25, 0.3) is 0 Å². The van der Waals surface area contributed by atoms with E-state index in [1.54, 1.807) is 17.0 Å². The van der Waals surface area contributed by atoms with Gasteiger partial charge in [0.05, 0.1) is 21.7 Å². The molecule has 3 aromatic rings. The topological polar surface area (TPSA) is 90.5 Å². The third-order valence-electron chi connectivity index (χ3n) is 7.12. The zero-order chi connectivity index (χ0) is 27.5. The quantitative estimate of drug-likeness (QED) is 0.317. The summed E-state index contributed by atoms with van der Waals surface area (Å²) in [4.78, 5) is 40.2. The Morgan fingerprint density at radius 2 is 1.69 bits per heavy atom. The number of halogens is 3. The second kappa shape index (κ2) is 11.9. The van der Waals surface area contributed by atoms with Crippen LogP contribution < -0.4 is 16.0 Å². The van der Waals surface area contributed by atoms with Crippen LogP contribution in [0.1, 0.15) is 55.4 Å². The molecule has 0 radical (unpaired) electrons. The molecule has 0 spiro atoms. The summed E-state index contributed by atoms with van der Waals surface area (Å²) in [5.74, 6) is -0.655. The van der Waals surface area contributed by atoms with Crippen molar-refractivity contribution >= 4 is 52.6 Å². The predicted octanol–water partition coefficient (Wildman–Crippen LogP) is 5.56. The second-order valence-electron chi connectivity index (χ2n) is 9.62. The molecule has 0 aromatic heterocycles. The maximum atomic E-state index is 13.2. The Hall–Kier alpha value is -3.26. The van der Waals surface area contributed by atoms with E-state index in [9.17, 15) is 14.4 Å². The van der Waals surface area contributed by atoms with Gasteiger partial charge in [-0.25, -0.2) is 4.79 Å². The van der Waals surface area contributed by atoms with Gasteiger partial charge in [0.25, 0.3) is 11.8 Å². The second-order valence-corrected chi connectivity index (χ2v) is 10.8. The molecular formula is C29H27Cl3N4O3. The lowest BCUT2D eigenvalue weighted by Crippen LogP contribution is -2.41. The first-order chi connectivity index (χ1) is 18.8. The number of hydrogen-bond donors (Lipinski definition) is 3. The molecule has 3 N–H and O–H groups in total. The largest absolute Gasteiger partial charge is 0.350 e. The molecule has 0 fully saturated rings. The number of rotatable bonds is 7. The van der Waals surface area contributed by atoms with Gasteiger partial charge >= 0.3 is 6.03 Å². The lowest BCUT2D eigenvalue weighted by molar-refractivity contribution is 0.0726. The van der Waals surface area contributed by atoms with Gasteiger partial charge in [-0.3, -0.25) is 9.59 Å². The van der Waals surface area contributed by atoms with E-state index < -0.39 is 5.91 Å². The van der Waals surface area contributed by atoms with Crippen molar-refractivity contribution in [3.05, 3.63) is 103 Å². The van der Waals surface area contributed by atoms with Crippen LogP contribution in [0.4, 0.5) is 4.79 Å². The Labute approximate surface area is 241 Å². The van der Waals surface area contributed by atoms with E-state index in [1.165, 1.54) is 11.6 Å². The van der Waals surface area contributed by atoms with Gasteiger partial charge in [0.2, 0.25) is 0 Å². The Bertz CT molecular complexity index is 1430. The van der Waals surface area contributed by atoms with Crippen molar-refractivity contribution in [3.8, 4) is 0 Å². The van der Waals surface area contributed by atoms with Crippen LogP contribution in [0.3, 0.4) is 0 Å². The lowest BCUT2D eigenvalue weighted by Gasteiger charge is -2.30. The van der Waals surface area contributed by atoms with Crippen LogP contribution in [-0.2, 0) is 19.4 Å². The molecule has 202 valence electrons. The molecule has 1 aliphatic heterocycles. The zero-order valence-corrected chi connectivity index (χ0v) is 23.3. The highest BCUT2D eigenvalue weighted by Crippen LogP contribution is 2.35. The van der Waals surface area contributed by atoms with E-state index >= 15 is 0 Å². The SMILES string of the molecule is O=C(NCCNC(=O)c1c(Cl)cc2c(c1Cl)CCN(Cc1ccc(Cl)cc1)C2=O)N[C@@H]1CCc2ccccc21. The number of carbonyl (C=O) groups excluding carboxylic acids is 3. The smallest absolute Gasteiger partial charge is 0.315 e. The molecule has 0 saturated heterocycles. The summed E-state index contributed by atoms with van der Waals surface area (Å²) < 4.78 is 0. The molecule has 10 heteroatoms. The Kier molecular flexibility index (Phi) is 8.31. The Balaban J connectivity index is 1.16. The summed E-state index contributed by atoms with van der Waals surface area (Å²) in [6.07, 6.45) is 2.29. The summed E-state index contributed by atoms with van der Waals surface area (Å²) in [5, 5.41) is 9.42. The van der Waals surface area contributed by atoms with Gasteiger partial charge in [-0.2, -0.15) is 0 Å². The maximum Gasteiger partial charge on any atom is 0.315 e. The maximum absolute atomic E-state index is 13.2. The van der Waals surface area contributed by atoms with Gasteiger partial charge in [0.15, 0.2) is 0 Å². The van der Waals surface area contributed by atoms with Crippen LogP contribution >= 0.6 is 34.8 Å². The summed E-state index contributed by atoms with van der Waals surface area (Å²) in [7, 11) is 0. The van der Waals surface area contributed by atoms with E-state index in [1.807, 2.05) is 30.3 Å². The number of amides is 4. The highest BCUT2D eigenvalue weighted by atomic mass is 35.5. The average molecular weight is 586 g/mol. The number of hydrogen-bond acceptors (Lipinski definition) is 3. The Morgan fingerprint density at radius 1 is 0.949 bits per heavy atom. The lowest BCUT2D eigenvalue weighted by atomic mass is 9.95. The predicted molar refractivity (Wildman–Crippen MR) is 153 cm³/mol. The van der Waals surface area contributed by atoms with E-state index in [2.05, 4.69) is 22.0 Å². The molecule has 1 aliphatic carbocycles. The van der Waals surface area contributed by atoms with Crippen molar-refractivity contribution in [1.82, 2.24) is 20.9 Å². The van der Waals surface area contributed by atoms with Crippen molar-refractivity contribution in [3.63, 3.8) is 0 Å². The van der Waals surface area contributed by atoms with Gasteiger partial charge in [-0.1, -0.05) is 71.2 Å². The van der Waals surface area contributed by atoms with E-state index in [-0.39, 0.29) is 46.7 Å². The standard InChI is InChI=1S/C29H27Cl3N4O3/c30-19-8-5-17(6-9-19)16-36-14-11-21-22(28(36)38)15-23(31)25(26(21)32)27(37)33-12-13-34-29(39)35-24-10-7-18-3-1-2-4-20(18)24/h1-6,8-9,15,24H,7,10-14,16H2,(H,33,37)(H2,34,35,39)/t24-/m1/s1. The molecule has 1 heterocycles. The van der Waals surface area contributed by atoms with Crippen molar-refractivity contribution in [2.45, 2.75) is 31.8 Å². The fourth-order valence-electron chi connectivity index (χ4n) is 5.14. The molecule has 2 aliphatic rings. The fourth-order valence-corrected chi connectivity index (χ4v) is 5.99. The number of aryl methyl sites for hydroxylation is 1. The van der Waals surface area contributed by atoms with Crippen LogP contribution in [0.15, 0.2) is 54.6 Å². The number of carbonyl (C=O) groups is 3. The zero-order valence-electron chi connectivity index (χ0n) is 21.0. The molecule has 7 nitrogen and oxygen atoms in total. The number of nitrogens with zero attached hydrogens (tertiary/aromatic N) is 1. The summed E-state index contributed by atoms with van der Waals surface area (Å²) in [5.41, 5.74) is 4.49. The van der Waals surface area contributed by atoms with E-state index in [0.29, 0.717) is 35.7 Å². The molecule has 3 aromatic carbocycles. The number of urea groups is 1. The van der Waals surface area contributed by atoms with E-state index in [0.717, 1.165) is 24.0 Å². The van der Waals surface area contributed by atoms with Crippen molar-refractivity contribution in [1.29, 1.82) is 0 Å². The van der Waals surface area contributed by atoms with Crippen LogP contribution in [0, 0.1) is 0 Å². The molecule has 4 amide bonds. The molecule has 39 heavy (non-hydrogen) atoms. The average Bonchev–Trinajstić information content (AvgIpc) is 3.32. The van der Waals surface area contributed by atoms with E-state index in [4.69, 9.17) is 34.8 Å². The summed E-state index contributed by atoms with van der Waals surface area (Å²) in [6, 6.07) is 16.6. The number of fused-ring (bicyclic) bond motifs is 2. The molecule has 5 rings (SSSR count). The molecular weight excluding hydrogens is 559 g/mol. The first-order valence-corrected chi connectivity index (χ1v) is 13.9. The van der Waals surface area contributed by atoms with Crippen molar-refractivity contribution < 1.29 is 14.4 Å². The fraction of sp³-hybridized carbons (Fsp3) is 0.276. The van der Waals surface area contributed by atoms with Crippen molar-refractivity contribution in [2.75, 3.05) is 19.6 Å². The minimum absolute atomic E-state index is 0.0197. The first-order valence-electron chi connectivity index (χ1n) is 12.8. The molecule has 0 saturated carbocycles. The third kappa shape index (κ3) is 6.01. The Morgan fingerprint density at radius 3 is 2.49 bits per heavy atom. The molecule has 1 atom stereocenters. The van der Waals surface area contributed by atoms with Gasteiger partial charge in [0.1, 0.15) is 0 Å². The minimum Gasteiger partial charge on any atom is -0.350 e. The summed E-state index contributed by atoms with van der Waals surface area (Å²) >= 11 is 19.0. The monoisotopic (exact) mass is 584 g/mol. The number of nitrogens with one attached hydrogen (secondary N) is 3. The first kappa shape index (κ1) is 27.3. The normalized spacial score (nSPS) is 15.9. The van der Waals surface area contributed by atoms with Gasteiger partial charge < -0.3 is 20.9 Å². The third-order valence-corrected chi connectivity index (χ3v) is 8.08. The van der Waals surface area contributed by atoms with Crippen LogP contribution in [-0.4, -0.2) is 42.4 Å². The molecule has 0 bridgehead atoms. The van der Waals surface area contributed by atoms with Crippen molar-refractivity contribution in [2.24, 2.45) is 0 Å². The minimum atomic E-state index is -0.462. The summed E-state index contributed by atoms with van der Waals surface area (Å²) in [6.45, 7) is 1.30. The number of benzene rings is 3. The molecule has 0 unspecified atom stereocenters. The van der Waals surface area contributed by atoms with Crippen LogP contribution in [0.5, 0.6) is 0 Å².